The van der Waals surface area contributed by atoms with Crippen LogP contribution >= 0.6 is 0 Å². The van der Waals surface area contributed by atoms with E-state index < -0.39 is 0 Å². The Morgan fingerprint density at radius 3 is 1.85 bits per heavy atom. The third kappa shape index (κ3) is 8.59. The maximum Gasteiger partial charge on any atom is 0.0644 e. The summed E-state index contributed by atoms with van der Waals surface area (Å²) in [7, 11) is 0. The van der Waals surface area contributed by atoms with E-state index >= 15 is 0 Å². The lowest BCUT2D eigenvalue weighted by molar-refractivity contribution is 0.110. The molecule has 1 heteroatoms. The molecule has 1 nitrogen and oxygen atoms in total. The first kappa shape index (κ1) is 22.0. The molecular formula is C25H46O. The molecule has 0 saturated heterocycles. The number of hydrogen-bond donors (Lipinski definition) is 0. The molecule has 0 aromatic rings. The van der Waals surface area contributed by atoms with Gasteiger partial charge in [-0.05, 0) is 55.8 Å². The second-order valence-corrected chi connectivity index (χ2v) is 9.27. The van der Waals surface area contributed by atoms with E-state index in [-0.39, 0.29) is 0 Å². The first-order chi connectivity index (χ1) is 12.8. The van der Waals surface area contributed by atoms with Gasteiger partial charge in [-0.15, -0.1) is 6.58 Å². The molecular weight excluding hydrogens is 316 g/mol. The summed E-state index contributed by atoms with van der Waals surface area (Å²) in [4.78, 5) is 0. The van der Waals surface area contributed by atoms with Crippen molar-refractivity contribution in [2.24, 2.45) is 23.7 Å². The topological polar surface area (TPSA) is 9.23 Å². The highest BCUT2D eigenvalue weighted by molar-refractivity contribution is 4.82. The highest BCUT2D eigenvalue weighted by atomic mass is 16.5. The van der Waals surface area contributed by atoms with E-state index in [9.17, 15) is 0 Å². The van der Waals surface area contributed by atoms with Crippen LogP contribution < -0.4 is 0 Å². The van der Waals surface area contributed by atoms with Crippen molar-refractivity contribution >= 4 is 0 Å². The van der Waals surface area contributed by atoms with E-state index in [2.05, 4.69) is 13.5 Å². The molecule has 152 valence electrons. The average Bonchev–Trinajstić information content (AvgIpc) is 2.69. The predicted octanol–water partition coefficient (Wildman–Crippen LogP) is 7.94. The van der Waals surface area contributed by atoms with Crippen molar-refractivity contribution in [1.82, 2.24) is 0 Å². The zero-order valence-electron chi connectivity index (χ0n) is 17.7. The summed E-state index contributed by atoms with van der Waals surface area (Å²) >= 11 is 0. The smallest absolute Gasteiger partial charge is 0.0644 e. The lowest BCUT2D eigenvalue weighted by Crippen LogP contribution is -2.26. The maximum atomic E-state index is 5.58. The van der Waals surface area contributed by atoms with E-state index in [0.29, 0.717) is 0 Å². The molecule has 0 aliphatic heterocycles. The SMILES string of the molecule is C=CCOCCC1CCC(C2CCC(CCCCCCCC)CC2)CC1. The fourth-order valence-electron chi connectivity index (χ4n) is 5.53. The molecule has 0 atom stereocenters. The zero-order valence-corrected chi connectivity index (χ0v) is 17.7. The molecule has 0 spiro atoms. The fourth-order valence-corrected chi connectivity index (χ4v) is 5.53. The monoisotopic (exact) mass is 362 g/mol. The van der Waals surface area contributed by atoms with Crippen LogP contribution in [-0.4, -0.2) is 13.2 Å². The van der Waals surface area contributed by atoms with Gasteiger partial charge in [0.25, 0.3) is 0 Å². The Balaban J connectivity index is 1.50. The third-order valence-electron chi connectivity index (χ3n) is 7.32. The molecule has 0 bridgehead atoms. The lowest BCUT2D eigenvalue weighted by Gasteiger charge is -2.38. The largest absolute Gasteiger partial charge is 0.377 e. The van der Waals surface area contributed by atoms with E-state index in [1.807, 2.05) is 6.08 Å². The van der Waals surface area contributed by atoms with Crippen LogP contribution in [0.1, 0.15) is 110 Å². The minimum atomic E-state index is 0.720. The standard InChI is InChI=1S/C25H46O/c1-3-5-6-7-8-9-10-22-11-15-24(16-12-22)25-17-13-23(14-18-25)19-21-26-20-4-2/h4,22-25H,2-3,5-21H2,1H3. The molecule has 26 heavy (non-hydrogen) atoms. The molecule has 2 saturated carbocycles. The van der Waals surface area contributed by atoms with Crippen molar-refractivity contribution in [3.63, 3.8) is 0 Å². The second kappa shape index (κ2) is 13.8. The third-order valence-corrected chi connectivity index (χ3v) is 7.32. The van der Waals surface area contributed by atoms with Crippen LogP contribution in [0, 0.1) is 23.7 Å². The average molecular weight is 363 g/mol. The highest BCUT2D eigenvalue weighted by Crippen LogP contribution is 2.42. The number of unbranched alkanes of at least 4 members (excludes halogenated alkanes) is 5. The van der Waals surface area contributed by atoms with Gasteiger partial charge in [0.2, 0.25) is 0 Å². The van der Waals surface area contributed by atoms with Gasteiger partial charge in [0, 0.05) is 6.61 Å². The molecule has 0 unspecified atom stereocenters. The van der Waals surface area contributed by atoms with Gasteiger partial charge in [-0.1, -0.05) is 83.6 Å². The molecule has 2 fully saturated rings. The van der Waals surface area contributed by atoms with Gasteiger partial charge in [-0.2, -0.15) is 0 Å². The van der Waals surface area contributed by atoms with Crippen molar-refractivity contribution in [3.8, 4) is 0 Å². The summed E-state index contributed by atoms with van der Waals surface area (Å²) in [6.07, 6.45) is 25.5. The van der Waals surface area contributed by atoms with E-state index in [1.54, 1.807) is 0 Å². The van der Waals surface area contributed by atoms with Gasteiger partial charge in [0.15, 0.2) is 0 Å². The Morgan fingerprint density at radius 2 is 1.27 bits per heavy atom. The minimum Gasteiger partial charge on any atom is -0.377 e. The molecule has 0 radical (unpaired) electrons. The molecule has 0 amide bonds. The quantitative estimate of drug-likeness (QED) is 0.238. The fraction of sp³-hybridized carbons (Fsp3) is 0.920. The van der Waals surface area contributed by atoms with Crippen LogP contribution in [-0.2, 0) is 4.74 Å². The zero-order chi connectivity index (χ0) is 18.5. The van der Waals surface area contributed by atoms with Crippen molar-refractivity contribution in [3.05, 3.63) is 12.7 Å². The van der Waals surface area contributed by atoms with Gasteiger partial charge in [-0.25, -0.2) is 0 Å². The van der Waals surface area contributed by atoms with E-state index in [0.717, 1.165) is 36.9 Å². The number of hydrogen-bond acceptors (Lipinski definition) is 1. The Kier molecular flexibility index (Phi) is 11.7. The van der Waals surface area contributed by atoms with Crippen LogP contribution in [0.2, 0.25) is 0 Å². The van der Waals surface area contributed by atoms with Gasteiger partial charge in [0.1, 0.15) is 0 Å². The first-order valence-electron chi connectivity index (χ1n) is 12.0. The Morgan fingerprint density at radius 1 is 0.731 bits per heavy atom. The second-order valence-electron chi connectivity index (χ2n) is 9.27. The van der Waals surface area contributed by atoms with Crippen molar-refractivity contribution in [2.75, 3.05) is 13.2 Å². The molecule has 2 rings (SSSR count). The van der Waals surface area contributed by atoms with Crippen LogP contribution in [0.15, 0.2) is 12.7 Å². The Bertz CT molecular complexity index is 334. The summed E-state index contributed by atoms with van der Waals surface area (Å²) < 4.78 is 5.58. The summed E-state index contributed by atoms with van der Waals surface area (Å²) in [6.45, 7) is 7.68. The van der Waals surface area contributed by atoms with Gasteiger partial charge >= 0.3 is 0 Å². The van der Waals surface area contributed by atoms with Gasteiger partial charge < -0.3 is 4.74 Å². The van der Waals surface area contributed by atoms with E-state index in [1.165, 1.54) is 103 Å². The van der Waals surface area contributed by atoms with Gasteiger partial charge in [0.05, 0.1) is 6.61 Å². The molecule has 0 heterocycles. The molecule has 0 N–H and O–H groups in total. The summed E-state index contributed by atoms with van der Waals surface area (Å²) in [5.41, 5.74) is 0. The summed E-state index contributed by atoms with van der Waals surface area (Å²) in [5, 5.41) is 0. The lowest BCUT2D eigenvalue weighted by atomic mass is 9.68. The van der Waals surface area contributed by atoms with Gasteiger partial charge in [-0.3, -0.25) is 0 Å². The molecule has 0 aromatic carbocycles. The van der Waals surface area contributed by atoms with Crippen molar-refractivity contribution in [1.29, 1.82) is 0 Å². The minimum absolute atomic E-state index is 0.720. The van der Waals surface area contributed by atoms with Crippen molar-refractivity contribution < 1.29 is 4.74 Å². The summed E-state index contributed by atoms with van der Waals surface area (Å²) in [6, 6.07) is 0. The molecule has 2 aliphatic rings. The summed E-state index contributed by atoms with van der Waals surface area (Å²) in [5.74, 6) is 4.11. The highest BCUT2D eigenvalue weighted by Gasteiger charge is 2.30. The Hall–Kier alpha value is -0.300. The van der Waals surface area contributed by atoms with Crippen LogP contribution in [0.25, 0.3) is 0 Å². The molecule has 2 aliphatic carbocycles. The van der Waals surface area contributed by atoms with Crippen LogP contribution in [0.4, 0.5) is 0 Å². The van der Waals surface area contributed by atoms with Crippen LogP contribution in [0.5, 0.6) is 0 Å². The number of rotatable bonds is 13. The van der Waals surface area contributed by atoms with Crippen molar-refractivity contribution in [2.45, 2.75) is 110 Å². The first-order valence-corrected chi connectivity index (χ1v) is 12.0. The van der Waals surface area contributed by atoms with E-state index in [4.69, 9.17) is 4.74 Å². The number of ether oxygens (including phenoxy) is 1. The Labute approximate surface area is 164 Å². The normalized spacial score (nSPS) is 29.6. The molecule has 0 aromatic heterocycles. The van der Waals surface area contributed by atoms with Crippen LogP contribution in [0.3, 0.4) is 0 Å². The predicted molar refractivity (Wildman–Crippen MR) is 115 cm³/mol. The maximum absolute atomic E-state index is 5.58.